The van der Waals surface area contributed by atoms with Crippen molar-refractivity contribution in [3.8, 4) is 0 Å². The van der Waals surface area contributed by atoms with Crippen LogP contribution in [0, 0.1) is 0 Å². The Kier molecular flexibility index (Phi) is 12.0. The molecule has 1 radical (unpaired) electrons. The third-order valence-corrected chi connectivity index (χ3v) is 0.864. The summed E-state index contributed by atoms with van der Waals surface area (Å²) in [5.74, 6) is 0. The van der Waals surface area contributed by atoms with Gasteiger partial charge in [0.1, 0.15) is 0 Å². The number of amides is 1. The van der Waals surface area contributed by atoms with E-state index >= 15 is 0 Å². The maximum atomic E-state index is 9.62. The molecule has 0 aliphatic rings. The molecule has 0 aliphatic heterocycles. The van der Waals surface area contributed by atoms with Gasteiger partial charge < -0.3 is 15.2 Å². The Labute approximate surface area is 85.8 Å². The van der Waals surface area contributed by atoms with Crippen LogP contribution in [0.1, 0.15) is 12.8 Å². The smallest absolute Gasteiger partial charge is 0.0690 e. The minimum atomic E-state index is 0. The number of aliphatic hydroxyl groups is 1. The van der Waals surface area contributed by atoms with E-state index in [0.717, 1.165) is 0 Å². The average molecular weight is 217 g/mol. The number of rotatable bonds is 5. The van der Waals surface area contributed by atoms with Crippen LogP contribution in [0.15, 0.2) is 12.3 Å². The van der Waals surface area contributed by atoms with Crippen LogP contribution in [-0.2, 0) is 37.5 Å². The predicted octanol–water partition coefficient (Wildman–Crippen LogP) is -0.0731. The summed E-state index contributed by atoms with van der Waals surface area (Å²) in [6, 6.07) is 0. The molecule has 0 aromatic carbocycles. The Morgan fingerprint density at radius 3 is 2.70 bits per heavy atom. The summed E-state index contributed by atoms with van der Waals surface area (Å²) in [5.41, 5.74) is 0.596. The molecule has 0 bridgehead atoms. The molecule has 10 heavy (non-hydrogen) atoms. The summed E-state index contributed by atoms with van der Waals surface area (Å²) >= 11 is 0. The van der Waals surface area contributed by atoms with Crippen LogP contribution in [0.5, 0.6) is 0 Å². The molecule has 0 saturated carbocycles. The maximum Gasteiger partial charge on any atom is 0.0690 e. The van der Waals surface area contributed by atoms with Crippen molar-refractivity contribution < 1.29 is 42.6 Å². The Balaban J connectivity index is 0. The number of hydrogen-bond acceptors (Lipinski definition) is 2. The second-order valence-electron chi connectivity index (χ2n) is 1.66. The van der Waals surface area contributed by atoms with Gasteiger partial charge in [-0.25, -0.2) is 0 Å². The van der Waals surface area contributed by atoms with E-state index in [1.165, 1.54) is 6.41 Å². The quantitative estimate of drug-likeness (QED) is 0.500. The number of carbonyl (C=O) groups excluding carboxylic acids is 1. The zero-order chi connectivity index (χ0) is 7.11. The Bertz CT molecular complexity index is 106. The third kappa shape index (κ3) is 8.27. The first-order valence-electron chi connectivity index (χ1n) is 2.73. The van der Waals surface area contributed by atoms with Gasteiger partial charge in [-0.1, -0.05) is 6.42 Å². The van der Waals surface area contributed by atoms with Crippen molar-refractivity contribution in [1.82, 2.24) is 5.32 Å². The van der Waals surface area contributed by atoms with E-state index in [4.69, 9.17) is 5.11 Å². The van der Waals surface area contributed by atoms with Gasteiger partial charge in [0, 0.05) is 39.3 Å². The maximum absolute atomic E-state index is 9.62. The van der Waals surface area contributed by atoms with Crippen LogP contribution in [0.4, 0.5) is 0 Å². The molecule has 0 unspecified atom stereocenters. The zero-order valence-electron chi connectivity index (χ0n) is 5.76. The molecule has 0 saturated heterocycles. The molecule has 0 aliphatic carbocycles. The van der Waals surface area contributed by atoms with Crippen LogP contribution in [-0.4, -0.2) is 18.1 Å². The number of aliphatic hydroxyl groups excluding tert-OH is 1. The molecule has 55 valence electrons. The molecule has 0 fully saturated rings. The van der Waals surface area contributed by atoms with Gasteiger partial charge in [0.15, 0.2) is 0 Å². The van der Waals surface area contributed by atoms with Gasteiger partial charge in [0.05, 0.1) is 6.41 Å². The summed E-state index contributed by atoms with van der Waals surface area (Å²) in [6.45, 7) is 3.62. The number of hydrogen-bond donors (Lipinski definition) is 2. The Morgan fingerprint density at radius 1 is 1.70 bits per heavy atom. The Hall–Kier alpha value is 0.274. The van der Waals surface area contributed by atoms with E-state index in [0.29, 0.717) is 18.5 Å². The van der Waals surface area contributed by atoms with E-state index < -0.39 is 0 Å². The fourth-order valence-electron chi connectivity index (χ4n) is 0.427. The van der Waals surface area contributed by atoms with E-state index in [9.17, 15) is 4.79 Å². The van der Waals surface area contributed by atoms with Gasteiger partial charge in [-0.2, -0.15) is 6.58 Å². The molecule has 3 nitrogen and oxygen atoms in total. The van der Waals surface area contributed by atoms with Gasteiger partial charge in [0.25, 0.3) is 0 Å². The molecule has 0 heterocycles. The van der Waals surface area contributed by atoms with Crippen LogP contribution >= 0.6 is 0 Å². The van der Waals surface area contributed by atoms with Crippen molar-refractivity contribution >= 4 is 6.41 Å². The van der Waals surface area contributed by atoms with Crippen LogP contribution < -0.4 is 5.32 Å². The fourth-order valence-corrected chi connectivity index (χ4v) is 0.427. The van der Waals surface area contributed by atoms with E-state index in [1.54, 1.807) is 0 Å². The summed E-state index contributed by atoms with van der Waals surface area (Å²) in [5, 5.41) is 10.6. The Morgan fingerprint density at radius 2 is 2.30 bits per heavy atom. The largest absolute Gasteiger partial charge is 0.494 e. The van der Waals surface area contributed by atoms with Gasteiger partial charge in [-0.3, -0.25) is 0 Å². The second kappa shape index (κ2) is 9.27. The summed E-state index contributed by atoms with van der Waals surface area (Å²) in [6.07, 6.45) is 2.74. The molecule has 0 rings (SSSR count). The minimum absolute atomic E-state index is 0. The van der Waals surface area contributed by atoms with Gasteiger partial charge in [-0.05, 0) is 6.42 Å². The first-order chi connectivity index (χ1) is 4.31. The summed E-state index contributed by atoms with van der Waals surface area (Å²) < 4.78 is 0. The topological polar surface area (TPSA) is 49.3 Å². The predicted molar refractivity (Wildman–Crippen MR) is 34.3 cm³/mol. The molecule has 0 spiro atoms. The molecule has 0 atom stereocenters. The standard InChI is InChI=1S/C6H10NO2.Y/c1-6(7-5-9)3-2-4-8;/h8H,1-4H2,(H,7,9);/q-1;. The summed E-state index contributed by atoms with van der Waals surface area (Å²) in [7, 11) is 0. The minimum Gasteiger partial charge on any atom is -0.494 e. The van der Waals surface area contributed by atoms with Crippen LogP contribution in [0.25, 0.3) is 0 Å². The van der Waals surface area contributed by atoms with E-state index in [-0.39, 0.29) is 39.3 Å². The van der Waals surface area contributed by atoms with Crippen molar-refractivity contribution in [3.05, 3.63) is 12.3 Å². The van der Waals surface area contributed by atoms with E-state index in [2.05, 4.69) is 11.9 Å². The van der Waals surface area contributed by atoms with E-state index in [1.807, 2.05) is 0 Å². The molecular formula is C6H10NO2Y-. The average Bonchev–Trinajstić information content (AvgIpc) is 1.85. The van der Waals surface area contributed by atoms with Crippen molar-refractivity contribution in [2.24, 2.45) is 0 Å². The summed E-state index contributed by atoms with van der Waals surface area (Å²) in [4.78, 5) is 9.62. The van der Waals surface area contributed by atoms with Crippen molar-refractivity contribution in [2.75, 3.05) is 6.61 Å². The normalized spacial score (nSPS) is 7.70. The SMILES string of the molecule is C=C(CCCO)N[C-]=O.[Y]. The molecule has 2 N–H and O–H groups in total. The first-order valence-corrected chi connectivity index (χ1v) is 2.73. The molecular weight excluding hydrogens is 207 g/mol. The first kappa shape index (κ1) is 12.9. The number of allylic oxidation sites excluding steroid dienone is 1. The monoisotopic (exact) mass is 217 g/mol. The van der Waals surface area contributed by atoms with Crippen molar-refractivity contribution in [3.63, 3.8) is 0 Å². The third-order valence-electron chi connectivity index (χ3n) is 0.864. The molecule has 4 heteroatoms. The van der Waals surface area contributed by atoms with Gasteiger partial charge in [0.2, 0.25) is 0 Å². The molecule has 1 amide bonds. The molecule has 0 aromatic heterocycles. The van der Waals surface area contributed by atoms with Crippen molar-refractivity contribution in [2.45, 2.75) is 12.8 Å². The van der Waals surface area contributed by atoms with Crippen LogP contribution in [0.3, 0.4) is 0 Å². The van der Waals surface area contributed by atoms with Gasteiger partial charge >= 0.3 is 0 Å². The van der Waals surface area contributed by atoms with Crippen molar-refractivity contribution in [1.29, 1.82) is 0 Å². The zero-order valence-corrected chi connectivity index (χ0v) is 8.60. The fraction of sp³-hybridized carbons (Fsp3) is 0.500. The molecule has 0 aromatic rings. The second-order valence-corrected chi connectivity index (χ2v) is 1.66. The number of nitrogens with one attached hydrogen (secondary N) is 1. The van der Waals surface area contributed by atoms with Gasteiger partial charge in [-0.15, -0.1) is 5.70 Å². The van der Waals surface area contributed by atoms with Crippen LogP contribution in [0.2, 0.25) is 0 Å².